The summed E-state index contributed by atoms with van der Waals surface area (Å²) in [5.74, 6) is -0.925. The molecule has 0 unspecified atom stereocenters. The summed E-state index contributed by atoms with van der Waals surface area (Å²) in [4.78, 5) is 11.3. The quantitative estimate of drug-likeness (QED) is 0.822. The van der Waals surface area contributed by atoms with Crippen molar-refractivity contribution in [2.24, 2.45) is 0 Å². The number of hydrogen-bond acceptors (Lipinski definition) is 2. The molecule has 0 atom stereocenters. The number of nitrogens with two attached hydrogens (primary N) is 1. The fourth-order valence-corrected chi connectivity index (χ4v) is 1.49. The lowest BCUT2D eigenvalue weighted by molar-refractivity contribution is -0.123. The van der Waals surface area contributed by atoms with E-state index in [1.165, 1.54) is 0 Å². The number of carbonyl (C=O) groups excluding carboxylic acids is 1. The van der Waals surface area contributed by atoms with E-state index in [9.17, 15) is 18.0 Å². The topological polar surface area (TPSA) is 55.1 Å². The van der Waals surface area contributed by atoms with Gasteiger partial charge in [0.05, 0.1) is 15.7 Å². The number of rotatable bonds is 2. The van der Waals surface area contributed by atoms with E-state index in [1.54, 1.807) is 5.32 Å². The predicted octanol–water partition coefficient (Wildman–Crippen LogP) is 2.87. The number of amides is 1. The molecule has 3 nitrogen and oxygen atoms in total. The lowest BCUT2D eigenvalue weighted by Gasteiger charge is -2.09. The van der Waals surface area contributed by atoms with E-state index in [1.807, 2.05) is 0 Å². The molecule has 0 aliphatic heterocycles. The molecule has 1 rings (SSSR count). The van der Waals surface area contributed by atoms with Gasteiger partial charge in [-0.15, -0.1) is 0 Å². The first kappa shape index (κ1) is 13.9. The van der Waals surface area contributed by atoms with E-state index < -0.39 is 18.6 Å². The summed E-state index contributed by atoms with van der Waals surface area (Å²) < 4.78 is 35.6. The van der Waals surface area contributed by atoms with Crippen LogP contribution in [0.2, 0.25) is 10.0 Å². The Bertz CT molecular complexity index is 425. The monoisotopic (exact) mass is 286 g/mol. The van der Waals surface area contributed by atoms with Crippen LogP contribution in [0.1, 0.15) is 10.4 Å². The van der Waals surface area contributed by atoms with Crippen LogP contribution in [-0.4, -0.2) is 18.6 Å². The number of nitrogens with one attached hydrogen (secondary N) is 1. The third-order valence-electron chi connectivity index (χ3n) is 1.79. The molecule has 0 aliphatic carbocycles. The van der Waals surface area contributed by atoms with Crippen molar-refractivity contribution >= 4 is 34.8 Å². The van der Waals surface area contributed by atoms with Gasteiger partial charge < -0.3 is 11.1 Å². The largest absolute Gasteiger partial charge is 0.405 e. The molecular formula is C9H7Cl2F3N2O. The van der Waals surface area contributed by atoms with Gasteiger partial charge in [-0.2, -0.15) is 13.2 Å². The molecule has 17 heavy (non-hydrogen) atoms. The van der Waals surface area contributed by atoms with Crippen molar-refractivity contribution in [3.05, 3.63) is 27.7 Å². The minimum atomic E-state index is -4.48. The zero-order valence-corrected chi connectivity index (χ0v) is 9.75. The molecule has 0 saturated carbocycles. The fourth-order valence-electron chi connectivity index (χ4n) is 0.998. The lowest BCUT2D eigenvalue weighted by atomic mass is 10.2. The van der Waals surface area contributed by atoms with E-state index in [4.69, 9.17) is 28.9 Å². The van der Waals surface area contributed by atoms with Gasteiger partial charge in [-0.1, -0.05) is 23.2 Å². The van der Waals surface area contributed by atoms with Crippen molar-refractivity contribution in [3.8, 4) is 0 Å². The van der Waals surface area contributed by atoms with Crippen molar-refractivity contribution in [1.29, 1.82) is 0 Å². The number of alkyl halides is 3. The van der Waals surface area contributed by atoms with Crippen LogP contribution in [0.15, 0.2) is 12.1 Å². The highest BCUT2D eigenvalue weighted by molar-refractivity contribution is 6.39. The van der Waals surface area contributed by atoms with Gasteiger partial charge in [0, 0.05) is 5.56 Å². The number of hydrogen-bond donors (Lipinski definition) is 2. The molecule has 1 amide bonds. The molecule has 1 aromatic carbocycles. The number of anilines is 1. The average molecular weight is 287 g/mol. The zero-order valence-electron chi connectivity index (χ0n) is 8.24. The average Bonchev–Trinajstić information content (AvgIpc) is 2.20. The smallest absolute Gasteiger partial charge is 0.396 e. The lowest BCUT2D eigenvalue weighted by Crippen LogP contribution is -2.33. The maximum absolute atomic E-state index is 11.9. The Morgan fingerprint density at radius 2 is 1.76 bits per heavy atom. The van der Waals surface area contributed by atoms with Crippen LogP contribution in [0, 0.1) is 0 Å². The summed E-state index contributed by atoms with van der Waals surface area (Å²) in [6.45, 7) is -1.43. The molecule has 0 heterocycles. The Morgan fingerprint density at radius 3 is 2.18 bits per heavy atom. The first-order valence-corrected chi connectivity index (χ1v) is 5.06. The fraction of sp³-hybridized carbons (Fsp3) is 0.222. The number of nitrogen functional groups attached to an aromatic ring is 1. The highest BCUT2D eigenvalue weighted by Gasteiger charge is 2.28. The van der Waals surface area contributed by atoms with Crippen LogP contribution in [0.4, 0.5) is 18.9 Å². The second kappa shape index (κ2) is 5.01. The SMILES string of the molecule is Nc1c(Cl)cc(C(=O)NCC(F)(F)F)cc1Cl. The van der Waals surface area contributed by atoms with Crippen LogP contribution < -0.4 is 11.1 Å². The van der Waals surface area contributed by atoms with Gasteiger partial charge in [0.15, 0.2) is 0 Å². The summed E-state index contributed by atoms with van der Waals surface area (Å²) >= 11 is 11.3. The van der Waals surface area contributed by atoms with Crippen LogP contribution in [0.3, 0.4) is 0 Å². The van der Waals surface area contributed by atoms with Gasteiger partial charge in [-0.25, -0.2) is 0 Å². The van der Waals surface area contributed by atoms with E-state index in [0.717, 1.165) is 12.1 Å². The normalized spacial score (nSPS) is 11.4. The Balaban J connectivity index is 2.84. The number of benzene rings is 1. The van der Waals surface area contributed by atoms with Gasteiger partial charge in [-0.05, 0) is 12.1 Å². The maximum atomic E-state index is 11.9. The summed E-state index contributed by atoms with van der Waals surface area (Å²) in [6.07, 6.45) is -4.48. The molecule has 0 aliphatic rings. The molecule has 0 radical (unpaired) electrons. The van der Waals surface area contributed by atoms with Gasteiger partial charge in [-0.3, -0.25) is 4.79 Å². The predicted molar refractivity (Wildman–Crippen MR) is 59.3 cm³/mol. The van der Waals surface area contributed by atoms with Gasteiger partial charge in [0.2, 0.25) is 0 Å². The second-order valence-corrected chi connectivity index (χ2v) is 3.97. The molecular weight excluding hydrogens is 280 g/mol. The first-order chi connectivity index (χ1) is 7.70. The molecule has 3 N–H and O–H groups in total. The van der Waals surface area contributed by atoms with Crippen LogP contribution in [-0.2, 0) is 0 Å². The van der Waals surface area contributed by atoms with Gasteiger partial charge in [0.25, 0.3) is 5.91 Å². The van der Waals surface area contributed by atoms with E-state index in [2.05, 4.69) is 0 Å². The highest BCUT2D eigenvalue weighted by atomic mass is 35.5. The van der Waals surface area contributed by atoms with Crippen LogP contribution >= 0.6 is 23.2 Å². The Morgan fingerprint density at radius 1 is 1.29 bits per heavy atom. The Kier molecular flexibility index (Phi) is 4.11. The Labute approximate surface area is 105 Å². The maximum Gasteiger partial charge on any atom is 0.405 e. The Hall–Kier alpha value is -1.14. The summed E-state index contributed by atoms with van der Waals surface area (Å²) in [7, 11) is 0. The van der Waals surface area contributed by atoms with Gasteiger partial charge >= 0.3 is 6.18 Å². The molecule has 8 heteroatoms. The van der Waals surface area contributed by atoms with Crippen molar-refractivity contribution in [1.82, 2.24) is 5.32 Å². The van der Waals surface area contributed by atoms with Gasteiger partial charge in [0.1, 0.15) is 6.54 Å². The minimum Gasteiger partial charge on any atom is -0.396 e. The highest BCUT2D eigenvalue weighted by Crippen LogP contribution is 2.28. The molecule has 94 valence electrons. The summed E-state index contributed by atoms with van der Waals surface area (Å²) in [5.41, 5.74) is 5.40. The first-order valence-electron chi connectivity index (χ1n) is 4.30. The molecule has 0 fully saturated rings. The minimum absolute atomic E-state index is 0.00894. The standard InChI is InChI=1S/C9H7Cl2F3N2O/c10-5-1-4(2-6(11)7(5)15)8(17)16-3-9(12,13)14/h1-2H,3,15H2,(H,16,17). The number of halogens is 5. The molecule has 0 aromatic heterocycles. The summed E-state index contributed by atoms with van der Waals surface area (Å²) in [5, 5.41) is 1.71. The second-order valence-electron chi connectivity index (χ2n) is 3.15. The third kappa shape index (κ3) is 3.98. The summed E-state index contributed by atoms with van der Waals surface area (Å²) in [6, 6.07) is 2.29. The third-order valence-corrected chi connectivity index (χ3v) is 2.42. The molecule has 1 aromatic rings. The molecule has 0 spiro atoms. The van der Waals surface area contributed by atoms with Crippen LogP contribution in [0.5, 0.6) is 0 Å². The zero-order chi connectivity index (χ0) is 13.2. The van der Waals surface area contributed by atoms with Crippen molar-refractivity contribution in [2.75, 3.05) is 12.3 Å². The van der Waals surface area contributed by atoms with Crippen molar-refractivity contribution in [3.63, 3.8) is 0 Å². The molecule has 0 bridgehead atoms. The molecule has 0 saturated heterocycles. The van der Waals surface area contributed by atoms with Crippen molar-refractivity contribution < 1.29 is 18.0 Å². The van der Waals surface area contributed by atoms with E-state index in [0.29, 0.717) is 0 Å². The van der Waals surface area contributed by atoms with Crippen molar-refractivity contribution in [2.45, 2.75) is 6.18 Å². The van der Waals surface area contributed by atoms with Crippen LogP contribution in [0.25, 0.3) is 0 Å². The number of carbonyl (C=O) groups is 1. The van der Waals surface area contributed by atoms with E-state index in [-0.39, 0.29) is 21.3 Å². The van der Waals surface area contributed by atoms with E-state index >= 15 is 0 Å².